The Morgan fingerprint density at radius 1 is 1.47 bits per heavy atom. The van der Waals surface area contributed by atoms with Gasteiger partial charge in [0.05, 0.1) is 0 Å². The summed E-state index contributed by atoms with van der Waals surface area (Å²) in [7, 11) is 0. The highest BCUT2D eigenvalue weighted by atomic mass is 79.9. The summed E-state index contributed by atoms with van der Waals surface area (Å²) in [4.78, 5) is 17.7. The van der Waals surface area contributed by atoms with Crippen molar-refractivity contribution in [2.45, 2.75) is 25.8 Å². The lowest BCUT2D eigenvalue weighted by atomic mass is 10.1. The lowest BCUT2D eigenvalue weighted by Gasteiger charge is -2.26. The SMILES string of the molecule is O=C1CCCCN1Cc1cccnc1Br. The van der Waals surface area contributed by atoms with E-state index in [1.54, 1.807) is 6.20 Å². The Balaban J connectivity index is 2.08. The molecule has 0 unspecified atom stereocenters. The first-order valence-corrected chi connectivity index (χ1v) is 5.94. The molecule has 0 spiro atoms. The average Bonchev–Trinajstić information content (AvgIpc) is 2.24. The molecule has 1 aliphatic rings. The van der Waals surface area contributed by atoms with Crippen molar-refractivity contribution in [3.63, 3.8) is 0 Å². The van der Waals surface area contributed by atoms with E-state index in [4.69, 9.17) is 0 Å². The van der Waals surface area contributed by atoms with Crippen molar-refractivity contribution in [3.05, 3.63) is 28.5 Å². The Labute approximate surface area is 97.6 Å². The zero-order valence-corrected chi connectivity index (χ0v) is 10.0. The first-order valence-electron chi connectivity index (χ1n) is 5.14. The predicted octanol–water partition coefficient (Wildman–Crippen LogP) is 2.36. The summed E-state index contributed by atoms with van der Waals surface area (Å²) < 4.78 is 0.836. The van der Waals surface area contributed by atoms with Crippen LogP contribution in [0.5, 0.6) is 0 Å². The average molecular weight is 269 g/mol. The molecule has 4 heteroatoms. The predicted molar refractivity (Wildman–Crippen MR) is 61.2 cm³/mol. The molecule has 1 aliphatic heterocycles. The van der Waals surface area contributed by atoms with E-state index in [0.29, 0.717) is 13.0 Å². The smallest absolute Gasteiger partial charge is 0.222 e. The molecule has 80 valence electrons. The van der Waals surface area contributed by atoms with Crippen molar-refractivity contribution in [1.29, 1.82) is 0 Å². The van der Waals surface area contributed by atoms with Crippen molar-refractivity contribution in [3.8, 4) is 0 Å². The minimum Gasteiger partial charge on any atom is -0.338 e. The molecule has 1 fully saturated rings. The fraction of sp³-hybridized carbons (Fsp3) is 0.455. The van der Waals surface area contributed by atoms with Crippen molar-refractivity contribution >= 4 is 21.8 Å². The van der Waals surface area contributed by atoms with Crippen LogP contribution in [-0.4, -0.2) is 22.3 Å². The molecule has 1 amide bonds. The summed E-state index contributed by atoms with van der Waals surface area (Å²) >= 11 is 3.39. The van der Waals surface area contributed by atoms with Crippen molar-refractivity contribution in [2.75, 3.05) is 6.54 Å². The molecule has 15 heavy (non-hydrogen) atoms. The van der Waals surface area contributed by atoms with Gasteiger partial charge in [0.15, 0.2) is 0 Å². The number of piperidine rings is 1. The topological polar surface area (TPSA) is 33.2 Å². The molecule has 0 aliphatic carbocycles. The second kappa shape index (κ2) is 4.75. The Kier molecular flexibility index (Phi) is 3.36. The molecule has 1 aromatic heterocycles. The number of likely N-dealkylation sites (tertiary alicyclic amines) is 1. The van der Waals surface area contributed by atoms with E-state index in [1.807, 2.05) is 17.0 Å². The molecule has 2 heterocycles. The summed E-state index contributed by atoms with van der Waals surface area (Å²) in [6.45, 7) is 1.55. The molecule has 0 radical (unpaired) electrons. The number of carbonyl (C=O) groups excluding carboxylic acids is 1. The molecule has 3 nitrogen and oxygen atoms in total. The standard InChI is InChI=1S/C11H13BrN2O/c12-11-9(4-3-6-13-11)8-14-7-2-1-5-10(14)15/h3-4,6H,1-2,5,7-8H2. The molecule has 0 saturated carbocycles. The summed E-state index contributed by atoms with van der Waals surface area (Å²) in [5, 5.41) is 0. The van der Waals surface area contributed by atoms with Gasteiger partial charge in [-0.05, 0) is 34.8 Å². The third-order valence-electron chi connectivity index (χ3n) is 2.62. The Bertz CT molecular complexity index is 367. The number of nitrogens with zero attached hydrogens (tertiary/aromatic N) is 2. The highest BCUT2D eigenvalue weighted by molar-refractivity contribution is 9.10. The number of amides is 1. The van der Waals surface area contributed by atoms with Gasteiger partial charge < -0.3 is 4.90 Å². The lowest BCUT2D eigenvalue weighted by Crippen LogP contribution is -2.34. The first-order chi connectivity index (χ1) is 7.27. The first kappa shape index (κ1) is 10.6. The number of rotatable bonds is 2. The number of hydrogen-bond donors (Lipinski definition) is 0. The largest absolute Gasteiger partial charge is 0.338 e. The zero-order valence-electron chi connectivity index (χ0n) is 8.45. The van der Waals surface area contributed by atoms with Gasteiger partial charge in [-0.2, -0.15) is 0 Å². The highest BCUT2D eigenvalue weighted by Crippen LogP contribution is 2.18. The van der Waals surface area contributed by atoms with Crippen molar-refractivity contribution in [1.82, 2.24) is 9.88 Å². The van der Waals surface area contributed by atoms with E-state index in [-0.39, 0.29) is 5.91 Å². The van der Waals surface area contributed by atoms with Gasteiger partial charge in [0.2, 0.25) is 5.91 Å². The zero-order chi connectivity index (χ0) is 10.7. The van der Waals surface area contributed by atoms with Crippen LogP contribution in [0.15, 0.2) is 22.9 Å². The lowest BCUT2D eigenvalue weighted by molar-refractivity contribution is -0.133. The maximum atomic E-state index is 11.6. The van der Waals surface area contributed by atoms with Crippen molar-refractivity contribution < 1.29 is 4.79 Å². The molecular weight excluding hydrogens is 256 g/mol. The second-order valence-electron chi connectivity index (χ2n) is 3.73. The van der Waals surface area contributed by atoms with E-state index in [2.05, 4.69) is 20.9 Å². The molecular formula is C11H13BrN2O. The van der Waals surface area contributed by atoms with E-state index in [0.717, 1.165) is 29.6 Å². The fourth-order valence-corrected chi connectivity index (χ4v) is 2.15. The molecule has 0 N–H and O–H groups in total. The fourth-order valence-electron chi connectivity index (χ4n) is 1.77. The van der Waals surface area contributed by atoms with Crippen LogP contribution >= 0.6 is 15.9 Å². The van der Waals surface area contributed by atoms with Crippen LogP contribution in [0.25, 0.3) is 0 Å². The number of halogens is 1. The highest BCUT2D eigenvalue weighted by Gasteiger charge is 2.18. The number of aromatic nitrogens is 1. The summed E-state index contributed by atoms with van der Waals surface area (Å²) in [5.74, 6) is 0.261. The van der Waals surface area contributed by atoms with E-state index in [1.165, 1.54) is 0 Å². The van der Waals surface area contributed by atoms with Crippen LogP contribution in [0, 0.1) is 0 Å². The molecule has 0 aromatic carbocycles. The Hall–Kier alpha value is -0.900. The monoisotopic (exact) mass is 268 g/mol. The van der Waals surface area contributed by atoms with Crippen LogP contribution in [0.1, 0.15) is 24.8 Å². The van der Waals surface area contributed by atoms with Gasteiger partial charge in [-0.1, -0.05) is 6.07 Å². The normalized spacial score (nSPS) is 16.9. The minimum atomic E-state index is 0.261. The van der Waals surface area contributed by atoms with Gasteiger partial charge in [0.25, 0.3) is 0 Å². The number of carbonyl (C=O) groups is 1. The van der Waals surface area contributed by atoms with E-state index >= 15 is 0 Å². The van der Waals surface area contributed by atoms with Gasteiger partial charge in [0.1, 0.15) is 4.60 Å². The third-order valence-corrected chi connectivity index (χ3v) is 3.33. The van der Waals surface area contributed by atoms with Gasteiger partial charge in [-0.25, -0.2) is 4.98 Å². The molecule has 1 saturated heterocycles. The van der Waals surface area contributed by atoms with E-state index in [9.17, 15) is 4.79 Å². The summed E-state index contributed by atoms with van der Waals surface area (Å²) in [6, 6.07) is 3.90. The molecule has 2 rings (SSSR count). The summed E-state index contributed by atoms with van der Waals surface area (Å²) in [6.07, 6.45) is 4.58. The van der Waals surface area contributed by atoms with E-state index < -0.39 is 0 Å². The number of hydrogen-bond acceptors (Lipinski definition) is 2. The van der Waals surface area contributed by atoms with Crippen molar-refractivity contribution in [2.24, 2.45) is 0 Å². The van der Waals surface area contributed by atoms with Crippen LogP contribution < -0.4 is 0 Å². The van der Waals surface area contributed by atoms with Crippen LogP contribution in [-0.2, 0) is 11.3 Å². The Morgan fingerprint density at radius 3 is 3.07 bits per heavy atom. The third kappa shape index (κ3) is 2.56. The summed E-state index contributed by atoms with van der Waals surface area (Å²) in [5.41, 5.74) is 1.08. The van der Waals surface area contributed by atoms with Crippen LogP contribution in [0.2, 0.25) is 0 Å². The van der Waals surface area contributed by atoms with Gasteiger partial charge in [-0.3, -0.25) is 4.79 Å². The van der Waals surface area contributed by atoms with Gasteiger partial charge in [-0.15, -0.1) is 0 Å². The quantitative estimate of drug-likeness (QED) is 0.772. The molecule has 0 atom stereocenters. The Morgan fingerprint density at radius 2 is 2.33 bits per heavy atom. The number of pyridine rings is 1. The minimum absolute atomic E-state index is 0.261. The van der Waals surface area contributed by atoms with Crippen LogP contribution in [0.3, 0.4) is 0 Å². The van der Waals surface area contributed by atoms with Gasteiger partial charge >= 0.3 is 0 Å². The maximum Gasteiger partial charge on any atom is 0.222 e. The molecule has 0 bridgehead atoms. The molecule has 1 aromatic rings. The second-order valence-corrected chi connectivity index (χ2v) is 4.48. The van der Waals surface area contributed by atoms with Gasteiger partial charge in [0, 0.05) is 31.3 Å². The maximum absolute atomic E-state index is 11.6. The van der Waals surface area contributed by atoms with Crippen LogP contribution in [0.4, 0.5) is 0 Å².